The molecule has 0 aliphatic carbocycles. The van der Waals surface area contributed by atoms with Gasteiger partial charge in [-0.1, -0.05) is 13.8 Å². The molecule has 94 valence electrons. The largest absolute Gasteiger partial charge is 0.368 e. The van der Waals surface area contributed by atoms with Crippen LogP contribution in [0.5, 0.6) is 0 Å². The fraction of sp³-hybridized carbons (Fsp3) is 0.667. The van der Waals surface area contributed by atoms with Gasteiger partial charge in [-0.25, -0.2) is 4.98 Å². The summed E-state index contributed by atoms with van der Waals surface area (Å²) in [6.07, 6.45) is 0. The van der Waals surface area contributed by atoms with Crippen molar-refractivity contribution in [2.24, 2.45) is 0 Å². The van der Waals surface area contributed by atoms with E-state index in [-0.39, 0.29) is 0 Å². The van der Waals surface area contributed by atoms with Crippen LogP contribution in [0.15, 0.2) is 6.07 Å². The summed E-state index contributed by atoms with van der Waals surface area (Å²) in [4.78, 5) is 13.2. The van der Waals surface area contributed by atoms with Crippen LogP contribution in [0.3, 0.4) is 0 Å². The Morgan fingerprint density at radius 1 is 1.18 bits per heavy atom. The third-order valence-electron chi connectivity index (χ3n) is 3.17. The minimum atomic E-state index is 0.380. The summed E-state index contributed by atoms with van der Waals surface area (Å²) in [5.74, 6) is 1.73. The lowest BCUT2D eigenvalue weighted by molar-refractivity contribution is 0.312. The zero-order valence-electron chi connectivity index (χ0n) is 10.8. The number of anilines is 2. The molecule has 5 nitrogen and oxygen atoms in total. The molecular formula is C12H21N5. The molecule has 2 rings (SSSR count). The number of nitrogen functional groups attached to an aromatic ring is 1. The molecule has 5 heteroatoms. The van der Waals surface area contributed by atoms with E-state index in [1.54, 1.807) is 0 Å². The van der Waals surface area contributed by atoms with Crippen LogP contribution < -0.4 is 10.6 Å². The standard InChI is InChI=1S/C12H21N5/c1-9(2)10-8-11(15-12(13)14-10)17-6-4-16(3)5-7-17/h8-9H,4-7H2,1-3H3,(H2,13,14,15). The first-order chi connectivity index (χ1) is 8.06. The Hall–Kier alpha value is -1.36. The Bertz CT molecular complexity index is 382. The highest BCUT2D eigenvalue weighted by Gasteiger charge is 2.17. The van der Waals surface area contributed by atoms with Crippen LogP contribution in [0.4, 0.5) is 11.8 Å². The maximum atomic E-state index is 5.77. The second-order valence-electron chi connectivity index (χ2n) is 4.95. The molecule has 0 atom stereocenters. The van der Waals surface area contributed by atoms with Gasteiger partial charge in [0, 0.05) is 32.2 Å². The van der Waals surface area contributed by atoms with Gasteiger partial charge in [0.25, 0.3) is 0 Å². The van der Waals surface area contributed by atoms with Crippen molar-refractivity contribution in [3.8, 4) is 0 Å². The van der Waals surface area contributed by atoms with Crippen LogP contribution >= 0.6 is 0 Å². The number of hydrogen-bond acceptors (Lipinski definition) is 5. The maximum Gasteiger partial charge on any atom is 0.222 e. The molecule has 0 amide bonds. The van der Waals surface area contributed by atoms with Crippen molar-refractivity contribution >= 4 is 11.8 Å². The van der Waals surface area contributed by atoms with E-state index in [1.807, 2.05) is 0 Å². The molecule has 0 spiro atoms. The molecule has 0 radical (unpaired) electrons. The van der Waals surface area contributed by atoms with Gasteiger partial charge in [-0.15, -0.1) is 0 Å². The van der Waals surface area contributed by atoms with E-state index in [4.69, 9.17) is 5.73 Å². The zero-order chi connectivity index (χ0) is 12.4. The highest BCUT2D eigenvalue weighted by Crippen LogP contribution is 2.20. The number of nitrogens with zero attached hydrogens (tertiary/aromatic N) is 4. The molecule has 0 aromatic carbocycles. The lowest BCUT2D eigenvalue weighted by Gasteiger charge is -2.33. The Labute approximate surface area is 103 Å². The van der Waals surface area contributed by atoms with Gasteiger partial charge in [-0.2, -0.15) is 4.98 Å². The van der Waals surface area contributed by atoms with E-state index in [0.717, 1.165) is 37.7 Å². The van der Waals surface area contributed by atoms with Crippen molar-refractivity contribution in [2.45, 2.75) is 19.8 Å². The summed E-state index contributed by atoms with van der Waals surface area (Å²) in [7, 11) is 2.14. The number of aromatic nitrogens is 2. The summed E-state index contributed by atoms with van der Waals surface area (Å²) in [5.41, 5.74) is 6.79. The summed E-state index contributed by atoms with van der Waals surface area (Å²) < 4.78 is 0. The molecule has 0 unspecified atom stereocenters. The van der Waals surface area contributed by atoms with E-state index in [9.17, 15) is 0 Å². The van der Waals surface area contributed by atoms with Gasteiger partial charge in [0.2, 0.25) is 5.95 Å². The minimum absolute atomic E-state index is 0.380. The molecule has 2 N–H and O–H groups in total. The predicted molar refractivity (Wildman–Crippen MR) is 70.2 cm³/mol. The van der Waals surface area contributed by atoms with Crippen LogP contribution in [0, 0.1) is 0 Å². The molecule has 2 heterocycles. The van der Waals surface area contributed by atoms with Crippen molar-refractivity contribution in [1.29, 1.82) is 0 Å². The van der Waals surface area contributed by atoms with Gasteiger partial charge in [0.15, 0.2) is 0 Å². The van der Waals surface area contributed by atoms with E-state index in [1.165, 1.54) is 0 Å². The quantitative estimate of drug-likeness (QED) is 0.826. The molecule has 17 heavy (non-hydrogen) atoms. The molecule has 1 saturated heterocycles. The average molecular weight is 235 g/mol. The lowest BCUT2D eigenvalue weighted by Crippen LogP contribution is -2.44. The van der Waals surface area contributed by atoms with Gasteiger partial charge in [-0.3, -0.25) is 0 Å². The minimum Gasteiger partial charge on any atom is -0.368 e. The molecule has 1 aliphatic heterocycles. The predicted octanol–water partition coefficient (Wildman–Crippen LogP) is 0.934. The third-order valence-corrected chi connectivity index (χ3v) is 3.17. The van der Waals surface area contributed by atoms with Crippen molar-refractivity contribution in [2.75, 3.05) is 43.9 Å². The monoisotopic (exact) mass is 235 g/mol. The van der Waals surface area contributed by atoms with E-state index in [2.05, 4.69) is 46.7 Å². The van der Waals surface area contributed by atoms with Crippen LogP contribution in [0.25, 0.3) is 0 Å². The van der Waals surface area contributed by atoms with Gasteiger partial charge >= 0.3 is 0 Å². The number of hydrogen-bond donors (Lipinski definition) is 1. The lowest BCUT2D eigenvalue weighted by atomic mass is 10.1. The van der Waals surface area contributed by atoms with Crippen LogP contribution in [0.2, 0.25) is 0 Å². The smallest absolute Gasteiger partial charge is 0.222 e. The Morgan fingerprint density at radius 2 is 1.82 bits per heavy atom. The van der Waals surface area contributed by atoms with Crippen molar-refractivity contribution in [3.05, 3.63) is 11.8 Å². The van der Waals surface area contributed by atoms with Crippen molar-refractivity contribution < 1.29 is 0 Å². The zero-order valence-corrected chi connectivity index (χ0v) is 10.8. The summed E-state index contributed by atoms with van der Waals surface area (Å²) >= 11 is 0. The molecule has 1 aliphatic rings. The fourth-order valence-electron chi connectivity index (χ4n) is 1.96. The van der Waals surface area contributed by atoms with Crippen molar-refractivity contribution in [1.82, 2.24) is 14.9 Å². The molecule has 1 aromatic rings. The van der Waals surface area contributed by atoms with Gasteiger partial charge < -0.3 is 15.5 Å². The molecule has 1 aromatic heterocycles. The number of piperazine rings is 1. The first-order valence-corrected chi connectivity index (χ1v) is 6.14. The Kier molecular flexibility index (Phi) is 3.47. The summed E-state index contributed by atoms with van der Waals surface area (Å²) in [5, 5.41) is 0. The highest BCUT2D eigenvalue weighted by molar-refractivity contribution is 5.44. The first-order valence-electron chi connectivity index (χ1n) is 6.14. The number of rotatable bonds is 2. The fourth-order valence-corrected chi connectivity index (χ4v) is 1.96. The van der Waals surface area contributed by atoms with Crippen LogP contribution in [0.1, 0.15) is 25.5 Å². The van der Waals surface area contributed by atoms with E-state index in [0.29, 0.717) is 11.9 Å². The van der Waals surface area contributed by atoms with Gasteiger partial charge in [0.1, 0.15) is 5.82 Å². The summed E-state index contributed by atoms with van der Waals surface area (Å²) in [6, 6.07) is 2.06. The SMILES string of the molecule is CC(C)c1cc(N2CCN(C)CC2)nc(N)n1. The van der Waals surface area contributed by atoms with Crippen LogP contribution in [-0.4, -0.2) is 48.1 Å². The summed E-state index contributed by atoms with van der Waals surface area (Å²) in [6.45, 7) is 8.39. The average Bonchev–Trinajstić information content (AvgIpc) is 2.29. The second kappa shape index (κ2) is 4.87. The van der Waals surface area contributed by atoms with Gasteiger partial charge in [-0.05, 0) is 13.0 Å². The van der Waals surface area contributed by atoms with Gasteiger partial charge in [0.05, 0.1) is 5.69 Å². The number of likely N-dealkylation sites (N-methyl/N-ethyl adjacent to an activating group) is 1. The Morgan fingerprint density at radius 3 is 2.41 bits per heavy atom. The van der Waals surface area contributed by atoms with E-state index >= 15 is 0 Å². The second-order valence-corrected chi connectivity index (χ2v) is 4.95. The van der Waals surface area contributed by atoms with Crippen molar-refractivity contribution in [3.63, 3.8) is 0 Å². The molecule has 0 saturated carbocycles. The Balaban J connectivity index is 2.20. The first kappa shape index (κ1) is 12.1. The maximum absolute atomic E-state index is 5.77. The normalized spacial score (nSPS) is 17.8. The number of nitrogens with two attached hydrogens (primary N) is 1. The molecule has 1 fully saturated rings. The van der Waals surface area contributed by atoms with Crippen LogP contribution in [-0.2, 0) is 0 Å². The third kappa shape index (κ3) is 2.85. The molecule has 0 bridgehead atoms. The topological polar surface area (TPSA) is 58.3 Å². The molecular weight excluding hydrogens is 214 g/mol. The van der Waals surface area contributed by atoms with E-state index < -0.39 is 0 Å². The highest BCUT2D eigenvalue weighted by atomic mass is 15.3.